The lowest BCUT2D eigenvalue weighted by Gasteiger charge is -2.17. The fraction of sp³-hybridized carbons (Fsp3) is 0.444. The Morgan fingerprint density at radius 2 is 1.96 bits per heavy atom. The first-order valence-electron chi connectivity index (χ1n) is 8.17. The Morgan fingerprint density at radius 3 is 2.61 bits per heavy atom. The molecule has 4 nitrogen and oxygen atoms in total. The molecule has 1 saturated carbocycles. The van der Waals surface area contributed by atoms with Gasteiger partial charge in [0.2, 0.25) is 5.91 Å². The summed E-state index contributed by atoms with van der Waals surface area (Å²) in [4.78, 5) is 12.3. The number of halogens is 1. The molecule has 1 heterocycles. The highest BCUT2D eigenvalue weighted by Gasteiger charge is 2.25. The van der Waals surface area contributed by atoms with Gasteiger partial charge >= 0.3 is 0 Å². The summed E-state index contributed by atoms with van der Waals surface area (Å²) in [6, 6.07) is 6.14. The van der Waals surface area contributed by atoms with E-state index in [0.717, 1.165) is 42.6 Å². The molecule has 122 valence electrons. The molecule has 1 unspecified atom stereocenters. The fourth-order valence-corrected chi connectivity index (χ4v) is 3.29. The lowest BCUT2D eigenvalue weighted by Crippen LogP contribution is -2.31. The molecule has 0 radical (unpaired) electrons. The molecular formula is C18H22FN3O. The maximum Gasteiger partial charge on any atom is 0.223 e. The maximum absolute atomic E-state index is 13.1. The van der Waals surface area contributed by atoms with Crippen LogP contribution in [-0.2, 0) is 4.79 Å². The van der Waals surface area contributed by atoms with E-state index in [1.807, 2.05) is 13.8 Å². The minimum absolute atomic E-state index is 0.0858. The van der Waals surface area contributed by atoms with Crippen LogP contribution in [0.5, 0.6) is 0 Å². The molecule has 5 heteroatoms. The van der Waals surface area contributed by atoms with Gasteiger partial charge in [0.1, 0.15) is 5.82 Å². The van der Waals surface area contributed by atoms with E-state index in [1.54, 1.807) is 23.0 Å². The Labute approximate surface area is 135 Å². The third-order valence-corrected chi connectivity index (χ3v) is 4.67. The van der Waals surface area contributed by atoms with Crippen LogP contribution in [-0.4, -0.2) is 15.7 Å². The Bertz CT molecular complexity index is 687. The van der Waals surface area contributed by atoms with E-state index in [-0.39, 0.29) is 23.7 Å². The number of hydrogen-bond donors (Lipinski definition) is 1. The van der Waals surface area contributed by atoms with Crippen molar-refractivity contribution >= 4 is 5.91 Å². The monoisotopic (exact) mass is 315 g/mol. The van der Waals surface area contributed by atoms with Gasteiger partial charge in [0.15, 0.2) is 0 Å². The van der Waals surface area contributed by atoms with Crippen molar-refractivity contribution in [3.63, 3.8) is 0 Å². The van der Waals surface area contributed by atoms with Crippen molar-refractivity contribution in [2.75, 3.05) is 0 Å². The van der Waals surface area contributed by atoms with Crippen molar-refractivity contribution in [1.29, 1.82) is 0 Å². The Balaban J connectivity index is 1.75. The first-order chi connectivity index (χ1) is 11.1. The van der Waals surface area contributed by atoms with E-state index in [4.69, 9.17) is 0 Å². The fourth-order valence-electron chi connectivity index (χ4n) is 3.29. The number of hydrogen-bond acceptors (Lipinski definition) is 2. The number of rotatable bonds is 4. The number of nitrogens with zero attached hydrogens (tertiary/aromatic N) is 2. The number of aromatic nitrogens is 2. The molecule has 1 aromatic heterocycles. The SMILES string of the molecule is Cc1c(C(C)NC(=O)C2CCCC2)cnn1-c1ccc(F)cc1. The zero-order valence-electron chi connectivity index (χ0n) is 13.6. The number of carbonyl (C=O) groups is 1. The van der Waals surface area contributed by atoms with E-state index in [2.05, 4.69) is 10.4 Å². The molecule has 2 aromatic rings. The normalized spacial score (nSPS) is 16.5. The Morgan fingerprint density at radius 1 is 1.30 bits per heavy atom. The van der Waals surface area contributed by atoms with Gasteiger partial charge in [-0.05, 0) is 51.0 Å². The van der Waals surface area contributed by atoms with Gasteiger partial charge in [-0.15, -0.1) is 0 Å². The van der Waals surface area contributed by atoms with Crippen LogP contribution in [0.4, 0.5) is 4.39 Å². The van der Waals surface area contributed by atoms with Crippen LogP contribution in [0.2, 0.25) is 0 Å². The lowest BCUT2D eigenvalue weighted by molar-refractivity contribution is -0.125. The molecule has 1 amide bonds. The van der Waals surface area contributed by atoms with Crippen LogP contribution >= 0.6 is 0 Å². The summed E-state index contributed by atoms with van der Waals surface area (Å²) in [5, 5.41) is 7.49. The standard InChI is InChI=1S/C18H22FN3O/c1-12(21-18(23)14-5-3-4-6-14)17-11-20-22(13(17)2)16-9-7-15(19)8-10-16/h7-12,14H,3-6H2,1-2H3,(H,21,23). The largest absolute Gasteiger partial charge is 0.349 e. The molecule has 23 heavy (non-hydrogen) atoms. The second kappa shape index (κ2) is 6.52. The summed E-state index contributed by atoms with van der Waals surface area (Å²) in [5.74, 6) is 0.0322. The topological polar surface area (TPSA) is 46.9 Å². The highest BCUT2D eigenvalue weighted by atomic mass is 19.1. The molecule has 3 rings (SSSR count). The molecule has 0 saturated heterocycles. The van der Waals surface area contributed by atoms with Crippen LogP contribution in [0.1, 0.15) is 49.9 Å². The second-order valence-electron chi connectivity index (χ2n) is 6.29. The van der Waals surface area contributed by atoms with Crippen molar-refractivity contribution in [2.24, 2.45) is 5.92 Å². The number of nitrogens with one attached hydrogen (secondary N) is 1. The first-order valence-corrected chi connectivity index (χ1v) is 8.17. The van der Waals surface area contributed by atoms with Gasteiger partial charge in [-0.1, -0.05) is 12.8 Å². The number of amides is 1. The van der Waals surface area contributed by atoms with Crippen molar-refractivity contribution in [3.8, 4) is 5.69 Å². The van der Waals surface area contributed by atoms with E-state index >= 15 is 0 Å². The van der Waals surface area contributed by atoms with E-state index in [9.17, 15) is 9.18 Å². The highest BCUT2D eigenvalue weighted by Crippen LogP contribution is 2.26. The third-order valence-electron chi connectivity index (χ3n) is 4.67. The predicted molar refractivity (Wildman–Crippen MR) is 86.8 cm³/mol. The van der Waals surface area contributed by atoms with Crippen LogP contribution in [0.15, 0.2) is 30.5 Å². The highest BCUT2D eigenvalue weighted by molar-refractivity contribution is 5.79. The summed E-state index contributed by atoms with van der Waals surface area (Å²) >= 11 is 0. The quantitative estimate of drug-likeness (QED) is 0.935. The molecule has 1 aliphatic carbocycles. The summed E-state index contributed by atoms with van der Waals surface area (Å²) < 4.78 is 14.8. The zero-order valence-corrected chi connectivity index (χ0v) is 13.6. The van der Waals surface area contributed by atoms with E-state index < -0.39 is 0 Å². The minimum Gasteiger partial charge on any atom is -0.349 e. The van der Waals surface area contributed by atoms with Gasteiger partial charge in [-0.25, -0.2) is 9.07 Å². The van der Waals surface area contributed by atoms with Gasteiger partial charge in [0.05, 0.1) is 17.9 Å². The van der Waals surface area contributed by atoms with Crippen LogP contribution in [0.25, 0.3) is 5.69 Å². The van der Waals surface area contributed by atoms with Crippen LogP contribution in [0.3, 0.4) is 0 Å². The van der Waals surface area contributed by atoms with Crippen molar-refractivity contribution in [2.45, 2.75) is 45.6 Å². The molecule has 1 atom stereocenters. The van der Waals surface area contributed by atoms with Crippen LogP contribution in [0, 0.1) is 18.7 Å². The molecule has 0 spiro atoms. The number of carbonyl (C=O) groups excluding carboxylic acids is 1. The van der Waals surface area contributed by atoms with Gasteiger partial charge in [0, 0.05) is 17.2 Å². The van der Waals surface area contributed by atoms with Gasteiger partial charge in [-0.3, -0.25) is 4.79 Å². The summed E-state index contributed by atoms with van der Waals surface area (Å²) in [5.41, 5.74) is 2.75. The number of benzene rings is 1. The first kappa shape index (κ1) is 15.7. The second-order valence-corrected chi connectivity index (χ2v) is 6.29. The van der Waals surface area contributed by atoms with Gasteiger partial charge in [-0.2, -0.15) is 5.10 Å². The van der Waals surface area contributed by atoms with Gasteiger partial charge in [0.25, 0.3) is 0 Å². The lowest BCUT2D eigenvalue weighted by atomic mass is 10.1. The van der Waals surface area contributed by atoms with Crippen molar-refractivity contribution < 1.29 is 9.18 Å². The average molecular weight is 315 g/mol. The summed E-state index contributed by atoms with van der Waals surface area (Å²) in [7, 11) is 0. The summed E-state index contributed by atoms with van der Waals surface area (Å²) in [6.45, 7) is 3.94. The Hall–Kier alpha value is -2.17. The molecule has 1 fully saturated rings. The zero-order chi connectivity index (χ0) is 16.4. The van der Waals surface area contributed by atoms with Gasteiger partial charge < -0.3 is 5.32 Å². The van der Waals surface area contributed by atoms with E-state index in [1.165, 1.54) is 12.1 Å². The van der Waals surface area contributed by atoms with Crippen molar-refractivity contribution in [1.82, 2.24) is 15.1 Å². The van der Waals surface area contributed by atoms with Crippen molar-refractivity contribution in [3.05, 3.63) is 47.5 Å². The molecule has 1 aromatic carbocycles. The molecule has 1 aliphatic rings. The predicted octanol–water partition coefficient (Wildman–Crippen LogP) is 3.69. The Kier molecular flexibility index (Phi) is 4.46. The summed E-state index contributed by atoms with van der Waals surface area (Å²) in [6.07, 6.45) is 6.05. The molecule has 0 bridgehead atoms. The minimum atomic E-state index is -0.268. The smallest absolute Gasteiger partial charge is 0.223 e. The molecule has 0 aliphatic heterocycles. The molecular weight excluding hydrogens is 293 g/mol. The molecule has 1 N–H and O–H groups in total. The van der Waals surface area contributed by atoms with Crippen LogP contribution < -0.4 is 5.32 Å². The third kappa shape index (κ3) is 3.28. The average Bonchev–Trinajstić information content (AvgIpc) is 3.18. The maximum atomic E-state index is 13.1. The van der Waals surface area contributed by atoms with E-state index in [0.29, 0.717) is 0 Å².